The Labute approximate surface area is 103 Å². The van der Waals surface area contributed by atoms with Gasteiger partial charge in [-0.25, -0.2) is 4.98 Å². The van der Waals surface area contributed by atoms with Gasteiger partial charge in [-0.05, 0) is 18.8 Å². The summed E-state index contributed by atoms with van der Waals surface area (Å²) in [5, 5.41) is 15.3. The minimum atomic E-state index is 0.0462. The second kappa shape index (κ2) is 6.39. The third-order valence-corrected chi connectivity index (χ3v) is 2.53. The zero-order valence-corrected chi connectivity index (χ0v) is 10.8. The van der Waals surface area contributed by atoms with Crippen LogP contribution in [0.3, 0.4) is 0 Å². The van der Waals surface area contributed by atoms with Crippen LogP contribution in [-0.2, 0) is 0 Å². The van der Waals surface area contributed by atoms with E-state index in [9.17, 15) is 0 Å². The van der Waals surface area contributed by atoms with E-state index in [-0.39, 0.29) is 12.0 Å². The number of rotatable bonds is 7. The highest BCUT2D eigenvalue weighted by Gasteiger charge is 2.16. The van der Waals surface area contributed by atoms with Crippen molar-refractivity contribution < 1.29 is 5.11 Å². The Morgan fingerprint density at radius 2 is 1.88 bits per heavy atom. The molecule has 0 aliphatic carbocycles. The van der Waals surface area contributed by atoms with Gasteiger partial charge in [0.15, 0.2) is 0 Å². The van der Waals surface area contributed by atoms with Crippen LogP contribution < -0.4 is 10.6 Å². The highest BCUT2D eigenvalue weighted by atomic mass is 16.3. The second-order valence-electron chi connectivity index (χ2n) is 4.81. The third kappa shape index (κ3) is 4.99. The van der Waals surface area contributed by atoms with Gasteiger partial charge in [0.25, 0.3) is 0 Å². The van der Waals surface area contributed by atoms with Crippen LogP contribution in [-0.4, -0.2) is 34.8 Å². The average Bonchev–Trinajstić information content (AvgIpc) is 2.28. The quantitative estimate of drug-likeness (QED) is 0.675. The maximum absolute atomic E-state index is 8.95. The van der Waals surface area contributed by atoms with Crippen LogP contribution in [0.2, 0.25) is 0 Å². The molecule has 0 saturated heterocycles. The summed E-state index contributed by atoms with van der Waals surface area (Å²) in [5.74, 6) is 1.53. The van der Waals surface area contributed by atoms with E-state index in [0.29, 0.717) is 0 Å². The largest absolute Gasteiger partial charge is 0.396 e. The monoisotopic (exact) mass is 238 g/mol. The van der Waals surface area contributed by atoms with Gasteiger partial charge in [-0.15, -0.1) is 0 Å². The molecule has 5 heteroatoms. The van der Waals surface area contributed by atoms with E-state index < -0.39 is 0 Å². The Morgan fingerprint density at radius 3 is 2.47 bits per heavy atom. The molecule has 0 bridgehead atoms. The molecule has 0 saturated carbocycles. The molecule has 3 N–H and O–H groups in total. The van der Waals surface area contributed by atoms with Gasteiger partial charge < -0.3 is 15.7 Å². The predicted octanol–water partition coefficient (Wildman–Crippen LogP) is 1.73. The number of aliphatic hydroxyl groups is 1. The lowest BCUT2D eigenvalue weighted by atomic mass is 9.90. The zero-order chi connectivity index (χ0) is 12.7. The van der Waals surface area contributed by atoms with Gasteiger partial charge in [0.05, 0.1) is 12.4 Å². The van der Waals surface area contributed by atoms with Crippen molar-refractivity contribution in [2.75, 3.05) is 30.3 Å². The number of nitrogens with zero attached hydrogens (tertiary/aromatic N) is 2. The van der Waals surface area contributed by atoms with Gasteiger partial charge >= 0.3 is 0 Å². The van der Waals surface area contributed by atoms with Gasteiger partial charge in [-0.3, -0.25) is 4.98 Å². The van der Waals surface area contributed by atoms with E-state index >= 15 is 0 Å². The minimum Gasteiger partial charge on any atom is -0.396 e. The maximum Gasteiger partial charge on any atom is 0.146 e. The predicted molar refractivity (Wildman–Crippen MR) is 70.2 cm³/mol. The molecular formula is C12H22N4O. The van der Waals surface area contributed by atoms with Crippen molar-refractivity contribution in [2.24, 2.45) is 5.41 Å². The second-order valence-corrected chi connectivity index (χ2v) is 4.81. The summed E-state index contributed by atoms with van der Waals surface area (Å²) < 4.78 is 0. The lowest BCUT2D eigenvalue weighted by Gasteiger charge is -2.24. The first-order valence-electron chi connectivity index (χ1n) is 5.98. The van der Waals surface area contributed by atoms with Crippen LogP contribution in [0.15, 0.2) is 12.4 Å². The molecule has 17 heavy (non-hydrogen) atoms. The van der Waals surface area contributed by atoms with Crippen molar-refractivity contribution in [1.82, 2.24) is 9.97 Å². The number of aliphatic hydroxyl groups excluding tert-OH is 1. The van der Waals surface area contributed by atoms with Gasteiger partial charge in [0.2, 0.25) is 0 Å². The van der Waals surface area contributed by atoms with Crippen LogP contribution in [0.1, 0.15) is 27.2 Å². The Bertz CT molecular complexity index is 341. The first-order valence-corrected chi connectivity index (χ1v) is 5.98. The molecule has 1 rings (SSSR count). The van der Waals surface area contributed by atoms with E-state index in [0.717, 1.165) is 31.1 Å². The molecule has 96 valence electrons. The first-order chi connectivity index (χ1) is 8.07. The van der Waals surface area contributed by atoms with Crippen molar-refractivity contribution in [3.05, 3.63) is 12.4 Å². The highest BCUT2D eigenvalue weighted by molar-refractivity contribution is 5.41. The molecule has 1 heterocycles. The average molecular weight is 238 g/mol. The summed E-state index contributed by atoms with van der Waals surface area (Å²) in [5.41, 5.74) is 0.0462. The summed E-state index contributed by atoms with van der Waals surface area (Å²) in [6.07, 6.45) is 4.17. The van der Waals surface area contributed by atoms with Crippen LogP contribution in [0.4, 0.5) is 11.6 Å². The van der Waals surface area contributed by atoms with Gasteiger partial charge in [0, 0.05) is 19.7 Å². The number of hydrogen-bond acceptors (Lipinski definition) is 5. The molecule has 0 unspecified atom stereocenters. The smallest absolute Gasteiger partial charge is 0.146 e. The summed E-state index contributed by atoms with van der Waals surface area (Å²) in [7, 11) is 0. The number of hydrogen-bond donors (Lipinski definition) is 3. The number of aromatic nitrogens is 2. The topological polar surface area (TPSA) is 70.1 Å². The Balaban J connectivity index is 2.53. The normalized spacial score (nSPS) is 11.3. The number of nitrogens with one attached hydrogen (secondary N) is 2. The molecule has 1 aromatic rings. The Kier molecular flexibility index (Phi) is 5.15. The molecule has 0 fully saturated rings. The molecule has 1 aromatic heterocycles. The van der Waals surface area contributed by atoms with E-state index in [2.05, 4.69) is 34.4 Å². The van der Waals surface area contributed by atoms with Gasteiger partial charge in [-0.1, -0.05) is 13.8 Å². The molecule has 0 amide bonds. The fraction of sp³-hybridized carbons (Fsp3) is 0.667. The fourth-order valence-electron chi connectivity index (χ4n) is 1.44. The molecule has 0 atom stereocenters. The van der Waals surface area contributed by atoms with E-state index in [4.69, 9.17) is 5.11 Å². The Hall–Kier alpha value is -1.36. The van der Waals surface area contributed by atoms with Crippen LogP contribution in [0.25, 0.3) is 0 Å². The molecule has 0 aliphatic rings. The van der Waals surface area contributed by atoms with Crippen LogP contribution >= 0.6 is 0 Å². The molecular weight excluding hydrogens is 216 g/mol. The Morgan fingerprint density at radius 1 is 1.24 bits per heavy atom. The van der Waals surface area contributed by atoms with Gasteiger partial charge in [-0.2, -0.15) is 0 Å². The molecule has 0 spiro atoms. The lowest BCUT2D eigenvalue weighted by Crippen LogP contribution is -2.24. The summed E-state index contributed by atoms with van der Waals surface area (Å²) in [6.45, 7) is 8.03. The van der Waals surface area contributed by atoms with Crippen molar-refractivity contribution in [3.8, 4) is 0 Å². The summed E-state index contributed by atoms with van der Waals surface area (Å²) >= 11 is 0. The van der Waals surface area contributed by atoms with Crippen molar-refractivity contribution in [2.45, 2.75) is 27.2 Å². The lowest BCUT2D eigenvalue weighted by molar-refractivity contribution is 0.220. The van der Waals surface area contributed by atoms with Crippen molar-refractivity contribution in [3.63, 3.8) is 0 Å². The first kappa shape index (κ1) is 13.7. The third-order valence-electron chi connectivity index (χ3n) is 2.53. The standard InChI is InChI=1S/C12H22N4O/c1-4-14-10-7-13-8-11(16-10)15-9-12(2,3)5-6-17/h7-8,17H,4-6,9H2,1-3H3,(H2,14,15,16). The summed E-state index contributed by atoms with van der Waals surface area (Å²) in [6, 6.07) is 0. The van der Waals surface area contributed by atoms with Crippen LogP contribution in [0.5, 0.6) is 0 Å². The minimum absolute atomic E-state index is 0.0462. The van der Waals surface area contributed by atoms with Gasteiger partial charge in [0.1, 0.15) is 11.6 Å². The maximum atomic E-state index is 8.95. The number of anilines is 2. The molecule has 0 aliphatic heterocycles. The van der Waals surface area contributed by atoms with E-state index in [1.807, 2.05) is 6.92 Å². The fourth-order valence-corrected chi connectivity index (χ4v) is 1.44. The van der Waals surface area contributed by atoms with Crippen molar-refractivity contribution >= 4 is 11.6 Å². The highest BCUT2D eigenvalue weighted by Crippen LogP contribution is 2.20. The van der Waals surface area contributed by atoms with Crippen molar-refractivity contribution in [1.29, 1.82) is 0 Å². The summed E-state index contributed by atoms with van der Waals surface area (Å²) in [4.78, 5) is 8.49. The molecule has 0 radical (unpaired) electrons. The SMILES string of the molecule is CCNc1cncc(NCC(C)(C)CCO)n1. The van der Waals surface area contributed by atoms with Crippen LogP contribution in [0, 0.1) is 5.41 Å². The van der Waals surface area contributed by atoms with E-state index in [1.54, 1.807) is 12.4 Å². The molecule has 0 aromatic carbocycles. The van der Waals surface area contributed by atoms with E-state index in [1.165, 1.54) is 0 Å². The molecule has 5 nitrogen and oxygen atoms in total. The zero-order valence-electron chi connectivity index (χ0n) is 10.8.